The summed E-state index contributed by atoms with van der Waals surface area (Å²) in [7, 11) is 0. The fourth-order valence-electron chi connectivity index (χ4n) is 2.92. The van der Waals surface area contributed by atoms with Crippen LogP contribution in [0.15, 0.2) is 18.2 Å². The number of rotatable bonds is 7. The molecule has 148 valence electrons. The van der Waals surface area contributed by atoms with Crippen molar-refractivity contribution in [3.05, 3.63) is 24.0 Å². The number of nitrogens with zero attached hydrogens (tertiary/aromatic N) is 2. The minimum atomic E-state index is -0.959. The van der Waals surface area contributed by atoms with Gasteiger partial charge in [0.05, 0.1) is 19.6 Å². The zero-order valence-corrected chi connectivity index (χ0v) is 16.5. The highest BCUT2D eigenvalue weighted by Gasteiger charge is 2.29. The lowest BCUT2D eigenvalue weighted by molar-refractivity contribution is -0.671. The van der Waals surface area contributed by atoms with Crippen LogP contribution in [0.5, 0.6) is 5.75 Å². The minimum Gasteiger partial charge on any atom is -0.492 e. The third-order valence-corrected chi connectivity index (χ3v) is 3.90. The number of benzene rings is 1. The van der Waals surface area contributed by atoms with Crippen LogP contribution in [0.1, 0.15) is 45.2 Å². The maximum absolute atomic E-state index is 11.7. The number of ether oxygens (including phenoxy) is 2. The van der Waals surface area contributed by atoms with Crippen LogP contribution in [0.25, 0.3) is 11.0 Å². The molecular weight excluding hydrogens is 350 g/mol. The van der Waals surface area contributed by atoms with Gasteiger partial charge in [-0.2, -0.15) is 0 Å². The molecular formula is C19H28N3O5+. The summed E-state index contributed by atoms with van der Waals surface area (Å²) in [5, 5.41) is 12.2. The fraction of sp³-hybridized carbons (Fsp3) is 0.526. The lowest BCUT2D eigenvalue weighted by Gasteiger charge is -2.19. The van der Waals surface area contributed by atoms with Gasteiger partial charge in [0, 0.05) is 6.07 Å². The first-order valence-corrected chi connectivity index (χ1v) is 9.07. The Morgan fingerprint density at radius 1 is 1.26 bits per heavy atom. The normalized spacial score (nSPS) is 11.4. The molecule has 1 aromatic heterocycles. The maximum Gasteiger partial charge on any atom is 0.419 e. The van der Waals surface area contributed by atoms with Crippen LogP contribution in [-0.4, -0.2) is 40.5 Å². The molecule has 2 rings (SSSR count). The topological polar surface area (TPSA) is 93.7 Å². The molecule has 8 heteroatoms. The Hall–Kier alpha value is -2.77. The second-order valence-corrected chi connectivity index (χ2v) is 7.04. The number of amides is 1. The highest BCUT2D eigenvalue weighted by atomic mass is 16.6. The number of carbonyl (C=O) groups excluding carboxylic acids is 1. The van der Waals surface area contributed by atoms with E-state index in [0.29, 0.717) is 25.4 Å². The molecule has 0 unspecified atom stereocenters. The van der Waals surface area contributed by atoms with Crippen molar-refractivity contribution in [2.24, 2.45) is 0 Å². The van der Waals surface area contributed by atoms with Crippen molar-refractivity contribution in [3.8, 4) is 5.75 Å². The molecule has 0 saturated heterocycles. The van der Waals surface area contributed by atoms with E-state index in [1.54, 1.807) is 36.0 Å². The molecule has 1 amide bonds. The number of carboxylic acid groups (broad SMARTS) is 1. The van der Waals surface area contributed by atoms with Gasteiger partial charge in [-0.15, -0.1) is 0 Å². The average molecular weight is 378 g/mol. The molecule has 0 fully saturated rings. The van der Waals surface area contributed by atoms with E-state index < -0.39 is 17.7 Å². The average Bonchev–Trinajstić information content (AvgIpc) is 2.90. The Kier molecular flexibility index (Phi) is 6.30. The number of aromatic nitrogens is 2. The van der Waals surface area contributed by atoms with E-state index in [1.807, 2.05) is 26.0 Å². The molecule has 8 nitrogen and oxygen atoms in total. The third-order valence-electron chi connectivity index (χ3n) is 3.90. The molecule has 0 aliphatic heterocycles. The third kappa shape index (κ3) is 4.90. The van der Waals surface area contributed by atoms with Crippen molar-refractivity contribution >= 4 is 23.1 Å². The number of carboxylic acids is 1. The van der Waals surface area contributed by atoms with Crippen LogP contribution in [0.2, 0.25) is 0 Å². The Morgan fingerprint density at radius 3 is 2.52 bits per heavy atom. The van der Waals surface area contributed by atoms with Gasteiger partial charge in [-0.05, 0) is 46.8 Å². The number of aryl methyl sites for hydroxylation is 2. The Labute approximate surface area is 158 Å². The molecule has 0 bridgehead atoms. The molecule has 0 radical (unpaired) electrons. The molecule has 27 heavy (non-hydrogen) atoms. The molecule has 0 aliphatic rings. The van der Waals surface area contributed by atoms with E-state index in [4.69, 9.17) is 9.47 Å². The van der Waals surface area contributed by atoms with Gasteiger partial charge in [-0.25, -0.2) is 18.7 Å². The number of aromatic carboxylic acids is 1. The number of carbonyl (C=O) groups is 2. The van der Waals surface area contributed by atoms with Gasteiger partial charge >= 0.3 is 17.9 Å². The van der Waals surface area contributed by atoms with E-state index >= 15 is 0 Å². The number of hydrogen-bond donors (Lipinski definition) is 2. The predicted octanol–water partition coefficient (Wildman–Crippen LogP) is 2.57. The van der Waals surface area contributed by atoms with Crippen molar-refractivity contribution in [2.45, 2.75) is 53.3 Å². The van der Waals surface area contributed by atoms with E-state index in [0.717, 1.165) is 11.0 Å². The lowest BCUT2D eigenvalue weighted by atomic mass is 10.2. The number of imidazole rings is 1. The van der Waals surface area contributed by atoms with E-state index in [-0.39, 0.29) is 12.4 Å². The molecule has 1 aromatic carbocycles. The second kappa shape index (κ2) is 8.28. The van der Waals surface area contributed by atoms with Gasteiger partial charge in [0.15, 0.2) is 11.0 Å². The zero-order chi connectivity index (χ0) is 20.2. The number of alkyl carbamates (subject to hydrolysis) is 1. The molecule has 0 aliphatic carbocycles. The van der Waals surface area contributed by atoms with Crippen molar-refractivity contribution in [3.63, 3.8) is 0 Å². The van der Waals surface area contributed by atoms with Crippen LogP contribution in [0.4, 0.5) is 4.79 Å². The second-order valence-electron chi connectivity index (χ2n) is 7.04. The Balaban J connectivity index is 2.10. The van der Waals surface area contributed by atoms with Crippen molar-refractivity contribution in [2.75, 3.05) is 13.2 Å². The van der Waals surface area contributed by atoms with E-state index in [2.05, 4.69) is 5.32 Å². The lowest BCUT2D eigenvalue weighted by Crippen LogP contribution is -2.39. The number of nitrogens with one attached hydrogen (secondary N) is 1. The van der Waals surface area contributed by atoms with Crippen LogP contribution >= 0.6 is 0 Å². The Morgan fingerprint density at radius 2 is 1.96 bits per heavy atom. The number of hydrogen-bond acceptors (Lipinski definition) is 4. The molecule has 0 saturated carbocycles. The van der Waals surface area contributed by atoms with E-state index in [1.165, 1.54) is 0 Å². The predicted molar refractivity (Wildman–Crippen MR) is 100 cm³/mol. The molecule has 0 spiro atoms. The molecule has 2 N–H and O–H groups in total. The van der Waals surface area contributed by atoms with Crippen LogP contribution < -0.4 is 14.6 Å². The fourth-order valence-corrected chi connectivity index (χ4v) is 2.92. The van der Waals surface area contributed by atoms with Gasteiger partial charge in [0.1, 0.15) is 18.0 Å². The summed E-state index contributed by atoms with van der Waals surface area (Å²) in [6, 6.07) is 5.48. The quantitative estimate of drug-likeness (QED) is 0.570. The van der Waals surface area contributed by atoms with Gasteiger partial charge in [-0.3, -0.25) is 0 Å². The number of fused-ring (bicyclic) bond motifs is 1. The smallest absolute Gasteiger partial charge is 0.419 e. The summed E-state index contributed by atoms with van der Waals surface area (Å²) in [5.41, 5.74) is 1.10. The highest BCUT2D eigenvalue weighted by molar-refractivity contribution is 5.87. The first kappa shape index (κ1) is 20.5. The molecule has 1 heterocycles. The van der Waals surface area contributed by atoms with Gasteiger partial charge in [0.2, 0.25) is 0 Å². The minimum absolute atomic E-state index is 0.249. The van der Waals surface area contributed by atoms with Crippen LogP contribution in [-0.2, 0) is 17.8 Å². The first-order valence-electron chi connectivity index (χ1n) is 9.07. The van der Waals surface area contributed by atoms with E-state index in [9.17, 15) is 14.7 Å². The maximum atomic E-state index is 11.7. The summed E-state index contributed by atoms with van der Waals surface area (Å²) in [5.74, 6) is -0.0986. The monoisotopic (exact) mass is 378 g/mol. The van der Waals surface area contributed by atoms with Crippen molar-refractivity contribution in [1.29, 1.82) is 0 Å². The highest BCUT2D eigenvalue weighted by Crippen LogP contribution is 2.21. The van der Waals surface area contributed by atoms with Gasteiger partial charge in [0.25, 0.3) is 0 Å². The van der Waals surface area contributed by atoms with Crippen molar-refractivity contribution < 1.29 is 28.7 Å². The SMILES string of the molecule is CCn1c(C(=O)O)[n+](CC)c2ccc(OCCNC(=O)OC(C)(C)C)cc21. The Bertz CT molecular complexity index is 836. The molecule has 0 atom stereocenters. The summed E-state index contributed by atoms with van der Waals surface area (Å²) >= 11 is 0. The van der Waals surface area contributed by atoms with Crippen molar-refractivity contribution in [1.82, 2.24) is 9.88 Å². The van der Waals surface area contributed by atoms with Crippen LogP contribution in [0.3, 0.4) is 0 Å². The summed E-state index contributed by atoms with van der Waals surface area (Å²) in [6.07, 6.45) is -0.489. The largest absolute Gasteiger partial charge is 0.492 e. The zero-order valence-electron chi connectivity index (χ0n) is 16.5. The van der Waals surface area contributed by atoms with Gasteiger partial charge in [-0.1, -0.05) is 0 Å². The molecule has 2 aromatic rings. The summed E-state index contributed by atoms with van der Waals surface area (Å²) in [6.45, 7) is 10.9. The summed E-state index contributed by atoms with van der Waals surface area (Å²) in [4.78, 5) is 23.3. The van der Waals surface area contributed by atoms with Gasteiger partial charge < -0.3 is 19.9 Å². The summed E-state index contributed by atoms with van der Waals surface area (Å²) < 4.78 is 14.4. The standard InChI is InChI=1S/C19H27N3O5/c1-6-21-14-9-8-13(12-15(14)22(7-2)16(21)17(23)24)26-11-10-20-18(25)27-19(3,4)5/h8-9,12H,6-7,10-11H2,1-5H3,(H-,20,23,24,25)/p+1. The van der Waals surface area contributed by atoms with Crippen LogP contribution in [0, 0.1) is 0 Å². The first-order chi connectivity index (χ1) is 12.7.